The van der Waals surface area contributed by atoms with Crippen molar-refractivity contribution < 1.29 is 19.1 Å². The molecule has 2 aromatic carbocycles. The quantitative estimate of drug-likeness (QED) is 0.706. The average Bonchev–Trinajstić information content (AvgIpc) is 2.75. The summed E-state index contributed by atoms with van der Waals surface area (Å²) < 4.78 is 5.56. The molecule has 31 heavy (non-hydrogen) atoms. The van der Waals surface area contributed by atoms with Gasteiger partial charge in [-0.2, -0.15) is 12.6 Å². The predicted molar refractivity (Wildman–Crippen MR) is 125 cm³/mol. The molecule has 6 nitrogen and oxygen atoms in total. The second-order valence-corrected chi connectivity index (χ2v) is 9.16. The molecule has 0 N–H and O–H groups in total. The van der Waals surface area contributed by atoms with Crippen molar-refractivity contribution in [3.05, 3.63) is 48.0 Å². The lowest BCUT2D eigenvalue weighted by atomic mass is 10.0. The van der Waals surface area contributed by atoms with Crippen molar-refractivity contribution in [3.8, 4) is 0 Å². The van der Waals surface area contributed by atoms with Gasteiger partial charge in [-0.05, 0) is 44.0 Å². The molecule has 7 heteroatoms. The van der Waals surface area contributed by atoms with E-state index in [4.69, 9.17) is 4.74 Å². The third kappa shape index (κ3) is 5.79. The van der Waals surface area contributed by atoms with E-state index in [0.717, 1.165) is 10.8 Å². The van der Waals surface area contributed by atoms with Gasteiger partial charge in [0.05, 0.1) is 6.04 Å². The molecule has 0 spiro atoms. The summed E-state index contributed by atoms with van der Waals surface area (Å²) in [6, 6.07) is 13.2. The third-order valence-corrected chi connectivity index (χ3v) is 5.70. The molecule has 0 radical (unpaired) electrons. The number of carbonyl (C=O) groups is 3. The van der Waals surface area contributed by atoms with Crippen LogP contribution in [-0.2, 0) is 9.53 Å². The number of ether oxygens (including phenoxy) is 1. The Hall–Kier alpha value is -2.54. The first-order valence-corrected chi connectivity index (χ1v) is 11.2. The maximum atomic E-state index is 13.4. The van der Waals surface area contributed by atoms with E-state index in [0.29, 0.717) is 38.0 Å². The molecule has 1 heterocycles. The molecule has 1 saturated heterocycles. The van der Waals surface area contributed by atoms with Gasteiger partial charge in [-0.25, -0.2) is 4.79 Å². The van der Waals surface area contributed by atoms with Crippen molar-refractivity contribution in [1.29, 1.82) is 0 Å². The van der Waals surface area contributed by atoms with Crippen LogP contribution < -0.4 is 0 Å². The Labute approximate surface area is 188 Å². The van der Waals surface area contributed by atoms with Gasteiger partial charge in [0.25, 0.3) is 5.91 Å². The normalized spacial score (nSPS) is 17.0. The molecular weight excluding hydrogens is 412 g/mol. The van der Waals surface area contributed by atoms with Gasteiger partial charge in [-0.15, -0.1) is 0 Å². The first-order valence-electron chi connectivity index (χ1n) is 10.6. The van der Waals surface area contributed by atoms with Crippen LogP contribution in [0.15, 0.2) is 42.5 Å². The molecule has 0 bridgehead atoms. The van der Waals surface area contributed by atoms with Gasteiger partial charge >= 0.3 is 6.09 Å². The number of ketones is 1. The second kappa shape index (κ2) is 9.73. The third-order valence-electron chi connectivity index (χ3n) is 5.35. The summed E-state index contributed by atoms with van der Waals surface area (Å²) in [6.45, 7) is 6.62. The predicted octanol–water partition coefficient (Wildman–Crippen LogP) is 4.18. The molecule has 1 fully saturated rings. The summed E-state index contributed by atoms with van der Waals surface area (Å²) in [5.74, 6) is 0.119. The van der Waals surface area contributed by atoms with E-state index in [1.807, 2.05) is 63.2 Å². The second-order valence-electron chi connectivity index (χ2n) is 8.84. The van der Waals surface area contributed by atoms with Crippen LogP contribution in [0.25, 0.3) is 10.8 Å². The Kier molecular flexibility index (Phi) is 7.26. The van der Waals surface area contributed by atoms with Crippen molar-refractivity contribution in [2.45, 2.75) is 45.3 Å². The zero-order valence-electron chi connectivity index (χ0n) is 18.3. The molecular formula is C24H30N2O4S. The van der Waals surface area contributed by atoms with Gasteiger partial charge in [-0.3, -0.25) is 9.59 Å². The molecule has 1 aliphatic heterocycles. The largest absolute Gasteiger partial charge is 0.444 e. The number of benzene rings is 2. The van der Waals surface area contributed by atoms with E-state index >= 15 is 0 Å². The van der Waals surface area contributed by atoms with Gasteiger partial charge in [0.1, 0.15) is 11.4 Å². The number of amides is 2. The fourth-order valence-electron chi connectivity index (χ4n) is 3.84. The maximum Gasteiger partial charge on any atom is 0.410 e. The van der Waals surface area contributed by atoms with Crippen LogP contribution in [0.1, 0.15) is 44.0 Å². The molecule has 1 atom stereocenters. The highest BCUT2D eigenvalue weighted by Crippen LogP contribution is 2.24. The zero-order valence-corrected chi connectivity index (χ0v) is 19.2. The number of thiol groups is 1. The van der Waals surface area contributed by atoms with Gasteiger partial charge in [-0.1, -0.05) is 36.4 Å². The number of nitrogens with zero attached hydrogens (tertiary/aromatic N) is 2. The molecule has 166 valence electrons. The van der Waals surface area contributed by atoms with Crippen molar-refractivity contribution in [3.63, 3.8) is 0 Å². The number of fused-ring (bicyclic) bond motifs is 1. The summed E-state index contributed by atoms with van der Waals surface area (Å²) in [6.07, 6.45) is 0.370. The summed E-state index contributed by atoms with van der Waals surface area (Å²) >= 11 is 4.05. The minimum Gasteiger partial charge on any atom is -0.444 e. The minimum absolute atomic E-state index is 0.0185. The van der Waals surface area contributed by atoms with E-state index in [2.05, 4.69) is 12.6 Å². The number of Topliss-reactive ketones (excluding diaryl/α,β-unsaturated/α-hetero) is 1. The van der Waals surface area contributed by atoms with Crippen LogP contribution >= 0.6 is 12.6 Å². The monoisotopic (exact) mass is 442 g/mol. The molecule has 0 aromatic heterocycles. The lowest BCUT2D eigenvalue weighted by Crippen LogP contribution is -2.57. The van der Waals surface area contributed by atoms with E-state index in [1.165, 1.54) is 0 Å². The first-order chi connectivity index (χ1) is 14.7. The fourth-order valence-corrected chi connectivity index (χ4v) is 3.99. The number of rotatable bonds is 5. The summed E-state index contributed by atoms with van der Waals surface area (Å²) in [5, 5.41) is 1.92. The number of hydrogen-bond acceptors (Lipinski definition) is 5. The van der Waals surface area contributed by atoms with Gasteiger partial charge in [0, 0.05) is 37.4 Å². The summed E-state index contributed by atoms with van der Waals surface area (Å²) in [7, 11) is 0. The van der Waals surface area contributed by atoms with Crippen molar-refractivity contribution in [2.24, 2.45) is 0 Å². The van der Waals surface area contributed by atoms with Crippen molar-refractivity contribution >= 4 is 41.2 Å². The highest BCUT2D eigenvalue weighted by molar-refractivity contribution is 7.81. The number of carbonyl (C=O) groups excluding carboxylic acids is 3. The number of hydrogen-bond donors (Lipinski definition) is 1. The van der Waals surface area contributed by atoms with E-state index < -0.39 is 11.7 Å². The van der Waals surface area contributed by atoms with Crippen LogP contribution in [0, 0.1) is 0 Å². The Bertz CT molecular complexity index is 964. The maximum absolute atomic E-state index is 13.4. The SMILES string of the molecule is CC(C)(C)OC(=O)N1CCN(C(=O)c2cccc3ccccc23)C[C@@H]1CCC(=O)CS. The Morgan fingerprint density at radius 1 is 1.06 bits per heavy atom. The topological polar surface area (TPSA) is 66.9 Å². The Balaban J connectivity index is 1.81. The van der Waals surface area contributed by atoms with Crippen LogP contribution in [0.5, 0.6) is 0 Å². The highest BCUT2D eigenvalue weighted by atomic mass is 32.1. The van der Waals surface area contributed by atoms with E-state index in [1.54, 1.807) is 9.80 Å². The molecule has 2 aromatic rings. The minimum atomic E-state index is -0.613. The lowest BCUT2D eigenvalue weighted by molar-refractivity contribution is -0.117. The van der Waals surface area contributed by atoms with Gasteiger partial charge in [0.2, 0.25) is 0 Å². The van der Waals surface area contributed by atoms with Crippen molar-refractivity contribution in [1.82, 2.24) is 9.80 Å². The lowest BCUT2D eigenvalue weighted by Gasteiger charge is -2.42. The van der Waals surface area contributed by atoms with Crippen LogP contribution in [0.2, 0.25) is 0 Å². The molecule has 3 rings (SSSR count). The molecule has 0 saturated carbocycles. The van der Waals surface area contributed by atoms with Gasteiger partial charge in [0.15, 0.2) is 0 Å². The highest BCUT2D eigenvalue weighted by Gasteiger charge is 2.35. The molecule has 0 unspecified atom stereocenters. The van der Waals surface area contributed by atoms with Crippen LogP contribution in [0.4, 0.5) is 4.79 Å². The van der Waals surface area contributed by atoms with E-state index in [9.17, 15) is 14.4 Å². The van der Waals surface area contributed by atoms with Crippen molar-refractivity contribution in [2.75, 3.05) is 25.4 Å². The van der Waals surface area contributed by atoms with E-state index in [-0.39, 0.29) is 23.5 Å². The summed E-state index contributed by atoms with van der Waals surface area (Å²) in [4.78, 5) is 41.4. The zero-order chi connectivity index (χ0) is 22.6. The standard InChI is InChI=1S/C24H30N2O4S/c1-24(2,3)30-23(29)26-14-13-25(15-18(26)11-12-19(27)16-31)22(28)21-10-6-8-17-7-4-5-9-20(17)21/h4-10,18,31H,11-16H2,1-3H3/t18-/m0/s1. The first kappa shape index (κ1) is 23.1. The summed E-state index contributed by atoms with van der Waals surface area (Å²) in [5.41, 5.74) is 0.0346. The van der Waals surface area contributed by atoms with Crippen LogP contribution in [0.3, 0.4) is 0 Å². The molecule has 2 amide bonds. The average molecular weight is 443 g/mol. The van der Waals surface area contributed by atoms with Crippen LogP contribution in [-0.4, -0.2) is 64.6 Å². The molecule has 1 aliphatic rings. The molecule has 0 aliphatic carbocycles. The number of piperazine rings is 1. The Morgan fingerprint density at radius 2 is 1.77 bits per heavy atom. The smallest absolute Gasteiger partial charge is 0.410 e. The van der Waals surface area contributed by atoms with Gasteiger partial charge < -0.3 is 14.5 Å². The fraction of sp³-hybridized carbons (Fsp3) is 0.458. The Morgan fingerprint density at radius 3 is 2.48 bits per heavy atom.